The number of nitrogens with zero attached hydrogens (tertiary/aromatic N) is 5. The highest BCUT2D eigenvalue weighted by Crippen LogP contribution is 2.31. The van der Waals surface area contributed by atoms with Gasteiger partial charge in [-0.15, -0.1) is 0 Å². The van der Waals surface area contributed by atoms with Crippen molar-refractivity contribution in [2.75, 3.05) is 20.8 Å². The van der Waals surface area contributed by atoms with E-state index in [1.807, 2.05) is 48.5 Å². The summed E-state index contributed by atoms with van der Waals surface area (Å²) in [5.74, 6) is 0.227. The molecule has 1 N–H and O–H groups in total. The average Bonchev–Trinajstić information content (AvgIpc) is 3.74. The van der Waals surface area contributed by atoms with Crippen molar-refractivity contribution in [1.82, 2.24) is 24.7 Å². The molecule has 0 unspecified atom stereocenters. The van der Waals surface area contributed by atoms with E-state index in [1.165, 1.54) is 19.2 Å². The number of carbonyl (C=O) groups is 1. The highest BCUT2D eigenvalue weighted by Gasteiger charge is 2.18. The summed E-state index contributed by atoms with van der Waals surface area (Å²) < 4.78 is 32.6. The Morgan fingerprint density at radius 3 is 2.61 bits per heavy atom. The van der Waals surface area contributed by atoms with E-state index in [0.717, 1.165) is 39.2 Å². The summed E-state index contributed by atoms with van der Waals surface area (Å²) in [6.07, 6.45) is 2.25. The summed E-state index contributed by atoms with van der Waals surface area (Å²) in [4.78, 5) is 21.8. The van der Waals surface area contributed by atoms with Gasteiger partial charge in [0.1, 0.15) is 18.2 Å². The Morgan fingerprint density at radius 2 is 1.85 bits per heavy atom. The number of benzene rings is 3. The van der Waals surface area contributed by atoms with E-state index in [1.54, 1.807) is 37.6 Å². The molecule has 3 aromatic heterocycles. The van der Waals surface area contributed by atoms with Gasteiger partial charge in [-0.25, -0.2) is 19.2 Å². The van der Waals surface area contributed by atoms with Gasteiger partial charge in [0.15, 0.2) is 0 Å². The van der Waals surface area contributed by atoms with Crippen LogP contribution in [0.2, 0.25) is 0 Å². The van der Waals surface area contributed by atoms with E-state index < -0.39 is 11.8 Å². The number of imidazole rings is 1. The molecule has 0 aliphatic rings. The first kappa shape index (κ1) is 30.2. The second-order valence-electron chi connectivity index (χ2n) is 10.4. The fourth-order valence-corrected chi connectivity index (χ4v) is 5.24. The minimum Gasteiger partial charge on any atom is -0.473 e. The Hall–Kier alpha value is -5.86. The van der Waals surface area contributed by atoms with E-state index in [4.69, 9.17) is 24.5 Å². The quantitative estimate of drug-likeness (QED) is 0.173. The standard InChI is InChI=1S/C35H29FN6O4/c1-44-15-14-42-32-18-25(35(43)45-2)10-11-31(32)39-33(42)19-23-8-9-24(17-27(23)30-12-13-38-41-30)29-4-3-5-34(40-29)46-21-26-7-6-22(20-37)16-28(26)36/h3-13,16-18H,14-15,19,21H2,1-2H3,(H,38,41). The third-order valence-corrected chi connectivity index (χ3v) is 7.58. The molecular formula is C35H29FN6O4. The second kappa shape index (κ2) is 13.4. The number of hydrogen-bond donors (Lipinski definition) is 1. The van der Waals surface area contributed by atoms with Gasteiger partial charge in [-0.2, -0.15) is 10.4 Å². The maximum atomic E-state index is 14.4. The highest BCUT2D eigenvalue weighted by atomic mass is 19.1. The van der Waals surface area contributed by atoms with Gasteiger partial charge in [0.2, 0.25) is 5.88 Å². The van der Waals surface area contributed by atoms with Gasteiger partial charge in [0.05, 0.1) is 53.3 Å². The van der Waals surface area contributed by atoms with Crippen molar-refractivity contribution in [3.05, 3.63) is 119 Å². The molecule has 0 aliphatic carbocycles. The molecule has 11 heteroatoms. The molecule has 0 bridgehead atoms. The first-order valence-electron chi connectivity index (χ1n) is 14.5. The molecule has 230 valence electrons. The molecule has 0 fully saturated rings. The van der Waals surface area contributed by atoms with Crippen LogP contribution in [-0.2, 0) is 29.0 Å². The Labute approximate surface area is 264 Å². The fourth-order valence-electron chi connectivity index (χ4n) is 5.24. The number of ether oxygens (including phenoxy) is 3. The summed E-state index contributed by atoms with van der Waals surface area (Å²) in [6.45, 7) is 0.983. The van der Waals surface area contributed by atoms with Crippen LogP contribution in [0.3, 0.4) is 0 Å². The fraction of sp³-hybridized carbons (Fsp3) is 0.171. The predicted octanol–water partition coefficient (Wildman–Crippen LogP) is 6.10. The number of halogens is 1. The number of aromatic amines is 1. The molecule has 6 rings (SSSR count). The number of nitrogens with one attached hydrogen (secondary N) is 1. The molecule has 3 heterocycles. The first-order valence-corrected chi connectivity index (χ1v) is 14.5. The summed E-state index contributed by atoms with van der Waals surface area (Å²) >= 11 is 0. The summed E-state index contributed by atoms with van der Waals surface area (Å²) in [5, 5.41) is 16.3. The van der Waals surface area contributed by atoms with Gasteiger partial charge in [-0.1, -0.05) is 24.3 Å². The Morgan fingerprint density at radius 1 is 0.978 bits per heavy atom. The van der Waals surface area contributed by atoms with E-state index in [2.05, 4.69) is 19.7 Å². The van der Waals surface area contributed by atoms with Crippen LogP contribution < -0.4 is 4.74 Å². The van der Waals surface area contributed by atoms with Gasteiger partial charge >= 0.3 is 5.97 Å². The molecular weight excluding hydrogens is 587 g/mol. The lowest BCUT2D eigenvalue weighted by Gasteiger charge is -2.13. The molecule has 10 nitrogen and oxygen atoms in total. The number of H-pyrrole nitrogens is 1. The van der Waals surface area contributed by atoms with Crippen LogP contribution in [0.15, 0.2) is 85.1 Å². The summed E-state index contributed by atoms with van der Waals surface area (Å²) in [6, 6.07) is 24.9. The van der Waals surface area contributed by atoms with Crippen LogP contribution in [-0.4, -0.2) is 51.5 Å². The van der Waals surface area contributed by atoms with Crippen molar-refractivity contribution >= 4 is 17.0 Å². The lowest BCUT2D eigenvalue weighted by Crippen LogP contribution is -2.10. The molecule has 0 amide bonds. The number of carbonyl (C=O) groups excluding carboxylic acids is 1. The number of hydrogen-bond acceptors (Lipinski definition) is 8. The van der Waals surface area contributed by atoms with Crippen LogP contribution in [0.5, 0.6) is 5.88 Å². The zero-order chi connectivity index (χ0) is 32.0. The zero-order valence-corrected chi connectivity index (χ0v) is 25.2. The first-order chi connectivity index (χ1) is 22.5. The summed E-state index contributed by atoms with van der Waals surface area (Å²) in [5.41, 5.74) is 6.75. The molecule has 0 aliphatic heterocycles. The Bertz CT molecular complexity index is 2070. The van der Waals surface area contributed by atoms with E-state index in [-0.39, 0.29) is 12.2 Å². The monoisotopic (exact) mass is 616 g/mol. The topological polar surface area (TPSA) is 128 Å². The van der Waals surface area contributed by atoms with Crippen molar-refractivity contribution in [3.63, 3.8) is 0 Å². The molecule has 0 radical (unpaired) electrons. The lowest BCUT2D eigenvalue weighted by atomic mass is 9.97. The van der Waals surface area contributed by atoms with Crippen LogP contribution in [0.4, 0.5) is 4.39 Å². The number of aromatic nitrogens is 5. The van der Waals surface area contributed by atoms with Gasteiger partial charge in [-0.05, 0) is 54.1 Å². The molecule has 6 aromatic rings. The van der Waals surface area contributed by atoms with Crippen molar-refractivity contribution in [2.45, 2.75) is 19.6 Å². The lowest BCUT2D eigenvalue weighted by molar-refractivity contribution is 0.0601. The van der Waals surface area contributed by atoms with Crippen molar-refractivity contribution in [1.29, 1.82) is 5.26 Å². The number of esters is 1. The smallest absolute Gasteiger partial charge is 0.337 e. The van der Waals surface area contributed by atoms with Crippen molar-refractivity contribution < 1.29 is 23.4 Å². The van der Waals surface area contributed by atoms with Crippen LogP contribution in [0.1, 0.15) is 32.9 Å². The third kappa shape index (κ3) is 6.33. The normalized spacial score (nSPS) is 11.0. The largest absolute Gasteiger partial charge is 0.473 e. The second-order valence-corrected chi connectivity index (χ2v) is 10.4. The molecule has 46 heavy (non-hydrogen) atoms. The van der Waals surface area contributed by atoms with Gasteiger partial charge < -0.3 is 18.8 Å². The van der Waals surface area contributed by atoms with Crippen molar-refractivity contribution in [2.24, 2.45) is 0 Å². The number of rotatable bonds is 11. The van der Waals surface area contributed by atoms with Crippen LogP contribution in [0, 0.1) is 17.1 Å². The van der Waals surface area contributed by atoms with Crippen LogP contribution >= 0.6 is 0 Å². The molecule has 0 atom stereocenters. The number of pyridine rings is 1. The van der Waals surface area contributed by atoms with Gasteiger partial charge in [0, 0.05) is 49.0 Å². The predicted molar refractivity (Wildman–Crippen MR) is 168 cm³/mol. The molecule has 0 saturated carbocycles. The average molecular weight is 617 g/mol. The summed E-state index contributed by atoms with van der Waals surface area (Å²) in [7, 11) is 3.00. The van der Waals surface area contributed by atoms with E-state index in [9.17, 15) is 9.18 Å². The minimum absolute atomic E-state index is 0.0311. The number of methoxy groups -OCH3 is 2. The van der Waals surface area contributed by atoms with Gasteiger partial charge in [0.25, 0.3) is 0 Å². The maximum absolute atomic E-state index is 14.4. The van der Waals surface area contributed by atoms with Gasteiger partial charge in [-0.3, -0.25) is 5.10 Å². The Balaban J connectivity index is 1.32. The Kier molecular flexibility index (Phi) is 8.80. The van der Waals surface area contributed by atoms with E-state index >= 15 is 0 Å². The SMILES string of the molecule is COCCn1c(Cc2ccc(-c3cccc(OCc4ccc(C#N)cc4F)n3)cc2-c2cc[nH]n2)nc2ccc(C(=O)OC)cc21. The third-order valence-electron chi connectivity index (χ3n) is 7.58. The molecule has 0 spiro atoms. The zero-order valence-electron chi connectivity index (χ0n) is 25.2. The highest BCUT2D eigenvalue weighted by molar-refractivity contribution is 5.93. The number of fused-ring (bicyclic) bond motifs is 1. The molecule has 3 aromatic carbocycles. The van der Waals surface area contributed by atoms with E-state index in [0.29, 0.717) is 42.3 Å². The maximum Gasteiger partial charge on any atom is 0.337 e. The van der Waals surface area contributed by atoms with Crippen molar-refractivity contribution in [3.8, 4) is 34.5 Å². The number of nitriles is 1. The molecule has 0 saturated heterocycles. The minimum atomic E-state index is -0.505. The van der Waals surface area contributed by atoms with Crippen LogP contribution in [0.25, 0.3) is 33.5 Å².